The number of nitrogens with zero attached hydrogens (tertiary/aromatic N) is 1. The predicted octanol–water partition coefficient (Wildman–Crippen LogP) is 1.63. The molecule has 0 radical (unpaired) electrons. The van der Waals surface area contributed by atoms with Gasteiger partial charge in [-0.25, -0.2) is 8.42 Å². The van der Waals surface area contributed by atoms with E-state index in [0.717, 1.165) is 5.56 Å². The molecule has 100 valence electrons. The molecule has 0 unspecified atom stereocenters. The van der Waals surface area contributed by atoms with Gasteiger partial charge in [-0.05, 0) is 31.5 Å². The number of sulfonamides is 1. The summed E-state index contributed by atoms with van der Waals surface area (Å²) in [5, 5.41) is 8.56. The van der Waals surface area contributed by atoms with Gasteiger partial charge in [0, 0.05) is 6.54 Å². The van der Waals surface area contributed by atoms with E-state index in [-0.39, 0.29) is 18.7 Å². The van der Waals surface area contributed by atoms with Crippen LogP contribution >= 0.6 is 0 Å². The molecule has 0 aliphatic heterocycles. The SMILES string of the molecule is CCN(c1cccc(C)c1)S(=O)(=O)CCC(=O)O. The van der Waals surface area contributed by atoms with Crippen molar-refractivity contribution >= 4 is 21.7 Å². The van der Waals surface area contributed by atoms with Crippen molar-refractivity contribution < 1.29 is 18.3 Å². The molecule has 18 heavy (non-hydrogen) atoms. The third kappa shape index (κ3) is 3.73. The molecule has 0 amide bonds. The summed E-state index contributed by atoms with van der Waals surface area (Å²) >= 11 is 0. The number of aliphatic carboxylic acids is 1. The van der Waals surface area contributed by atoms with Crippen molar-refractivity contribution in [3.63, 3.8) is 0 Å². The van der Waals surface area contributed by atoms with Crippen molar-refractivity contribution in [1.29, 1.82) is 0 Å². The second-order valence-corrected chi connectivity index (χ2v) is 5.98. The zero-order valence-electron chi connectivity index (χ0n) is 10.5. The molecular formula is C12H17NO4S. The van der Waals surface area contributed by atoms with Crippen LogP contribution in [0.5, 0.6) is 0 Å². The third-order valence-electron chi connectivity index (χ3n) is 2.49. The fraction of sp³-hybridized carbons (Fsp3) is 0.417. The van der Waals surface area contributed by atoms with E-state index in [2.05, 4.69) is 0 Å². The molecule has 1 aromatic carbocycles. The lowest BCUT2D eigenvalue weighted by molar-refractivity contribution is -0.136. The molecule has 5 nitrogen and oxygen atoms in total. The Hall–Kier alpha value is -1.56. The Morgan fingerprint density at radius 2 is 2.06 bits per heavy atom. The lowest BCUT2D eigenvalue weighted by Crippen LogP contribution is -2.33. The van der Waals surface area contributed by atoms with Gasteiger partial charge in [-0.3, -0.25) is 9.10 Å². The number of carboxylic acids is 1. The van der Waals surface area contributed by atoms with Crippen LogP contribution in [0.15, 0.2) is 24.3 Å². The number of carbonyl (C=O) groups is 1. The van der Waals surface area contributed by atoms with E-state index in [0.29, 0.717) is 5.69 Å². The second kappa shape index (κ2) is 5.86. The van der Waals surface area contributed by atoms with E-state index in [1.807, 2.05) is 13.0 Å². The summed E-state index contributed by atoms with van der Waals surface area (Å²) in [6.45, 7) is 3.88. The Labute approximate surface area is 107 Å². The fourth-order valence-electron chi connectivity index (χ4n) is 1.65. The molecule has 0 bridgehead atoms. The molecule has 6 heteroatoms. The van der Waals surface area contributed by atoms with Gasteiger partial charge in [0.15, 0.2) is 0 Å². The Morgan fingerprint density at radius 1 is 1.39 bits per heavy atom. The third-order valence-corrected chi connectivity index (χ3v) is 4.35. The number of rotatable bonds is 6. The van der Waals surface area contributed by atoms with Gasteiger partial charge in [0.1, 0.15) is 0 Å². The van der Waals surface area contributed by atoms with Crippen LogP contribution in [-0.4, -0.2) is 31.8 Å². The highest BCUT2D eigenvalue weighted by molar-refractivity contribution is 7.92. The average molecular weight is 271 g/mol. The number of benzene rings is 1. The molecule has 0 aliphatic carbocycles. The van der Waals surface area contributed by atoms with E-state index in [9.17, 15) is 13.2 Å². The van der Waals surface area contributed by atoms with Crippen molar-refractivity contribution in [2.24, 2.45) is 0 Å². The number of aryl methyl sites for hydroxylation is 1. The van der Waals surface area contributed by atoms with Crippen LogP contribution in [0.4, 0.5) is 5.69 Å². The molecule has 0 heterocycles. The van der Waals surface area contributed by atoms with Crippen molar-refractivity contribution in [1.82, 2.24) is 0 Å². The molecule has 1 aromatic rings. The van der Waals surface area contributed by atoms with E-state index in [4.69, 9.17) is 5.11 Å². The maximum absolute atomic E-state index is 12.0. The van der Waals surface area contributed by atoms with E-state index < -0.39 is 16.0 Å². The topological polar surface area (TPSA) is 74.7 Å². The van der Waals surface area contributed by atoms with Crippen molar-refractivity contribution in [3.05, 3.63) is 29.8 Å². The first kappa shape index (κ1) is 14.5. The van der Waals surface area contributed by atoms with Crippen molar-refractivity contribution in [3.8, 4) is 0 Å². The van der Waals surface area contributed by atoms with Crippen LogP contribution in [0.25, 0.3) is 0 Å². The van der Waals surface area contributed by atoms with Crippen LogP contribution < -0.4 is 4.31 Å². The largest absolute Gasteiger partial charge is 0.481 e. The van der Waals surface area contributed by atoms with Gasteiger partial charge < -0.3 is 5.11 Å². The van der Waals surface area contributed by atoms with Crippen molar-refractivity contribution in [2.75, 3.05) is 16.6 Å². The summed E-state index contributed by atoms with van der Waals surface area (Å²) in [6.07, 6.45) is -0.384. The lowest BCUT2D eigenvalue weighted by Gasteiger charge is -2.22. The quantitative estimate of drug-likeness (QED) is 0.853. The summed E-state index contributed by atoms with van der Waals surface area (Å²) in [4.78, 5) is 10.5. The first-order valence-electron chi connectivity index (χ1n) is 5.65. The molecule has 0 spiro atoms. The predicted molar refractivity (Wildman–Crippen MR) is 70.2 cm³/mol. The second-order valence-electron chi connectivity index (χ2n) is 3.96. The van der Waals surface area contributed by atoms with Gasteiger partial charge in [-0.15, -0.1) is 0 Å². The molecule has 0 aliphatic rings. The van der Waals surface area contributed by atoms with Crippen LogP contribution in [0.1, 0.15) is 18.9 Å². The minimum Gasteiger partial charge on any atom is -0.481 e. The minimum absolute atomic E-state index is 0.283. The molecule has 0 fully saturated rings. The van der Waals surface area contributed by atoms with Gasteiger partial charge in [-0.1, -0.05) is 12.1 Å². The zero-order valence-corrected chi connectivity index (χ0v) is 11.3. The highest BCUT2D eigenvalue weighted by Gasteiger charge is 2.21. The molecule has 0 atom stereocenters. The molecular weight excluding hydrogens is 254 g/mol. The van der Waals surface area contributed by atoms with Gasteiger partial charge >= 0.3 is 5.97 Å². The number of anilines is 1. The zero-order chi connectivity index (χ0) is 13.8. The first-order valence-corrected chi connectivity index (χ1v) is 7.26. The average Bonchev–Trinajstić information content (AvgIpc) is 2.27. The molecule has 1 N–H and O–H groups in total. The Balaban J connectivity index is 2.99. The molecule has 0 saturated heterocycles. The van der Waals surface area contributed by atoms with E-state index in [1.54, 1.807) is 25.1 Å². The summed E-state index contributed by atoms with van der Waals surface area (Å²) in [5.74, 6) is -1.50. The molecule has 1 rings (SSSR count). The highest BCUT2D eigenvalue weighted by atomic mass is 32.2. The number of hydrogen-bond acceptors (Lipinski definition) is 3. The summed E-state index contributed by atoms with van der Waals surface area (Å²) in [6, 6.07) is 7.12. The first-order chi connectivity index (χ1) is 8.36. The minimum atomic E-state index is -3.58. The molecule has 0 aromatic heterocycles. The van der Waals surface area contributed by atoms with E-state index in [1.165, 1.54) is 4.31 Å². The summed E-state index contributed by atoms with van der Waals surface area (Å²) in [7, 11) is -3.58. The monoisotopic (exact) mass is 271 g/mol. The molecule has 0 saturated carbocycles. The maximum atomic E-state index is 12.0. The number of carboxylic acid groups (broad SMARTS) is 1. The number of hydrogen-bond donors (Lipinski definition) is 1. The fourth-order valence-corrected chi connectivity index (χ4v) is 3.13. The Morgan fingerprint density at radius 3 is 2.56 bits per heavy atom. The maximum Gasteiger partial charge on any atom is 0.304 e. The Kier molecular flexibility index (Phi) is 4.72. The van der Waals surface area contributed by atoms with Crippen LogP contribution in [0, 0.1) is 6.92 Å². The summed E-state index contributed by atoms with van der Waals surface area (Å²) in [5.41, 5.74) is 1.53. The highest BCUT2D eigenvalue weighted by Crippen LogP contribution is 2.19. The van der Waals surface area contributed by atoms with E-state index >= 15 is 0 Å². The Bertz CT molecular complexity index is 525. The normalized spacial score (nSPS) is 11.2. The van der Waals surface area contributed by atoms with Gasteiger partial charge in [0.25, 0.3) is 0 Å². The van der Waals surface area contributed by atoms with Crippen molar-refractivity contribution in [2.45, 2.75) is 20.3 Å². The standard InChI is InChI=1S/C12H17NO4S/c1-3-13(11-6-4-5-10(2)9-11)18(16,17)8-7-12(14)15/h4-6,9H,3,7-8H2,1-2H3,(H,14,15). The van der Waals surface area contributed by atoms with Crippen LogP contribution in [-0.2, 0) is 14.8 Å². The van der Waals surface area contributed by atoms with Gasteiger partial charge in [0.05, 0.1) is 17.9 Å². The van der Waals surface area contributed by atoms with Crippen LogP contribution in [0.3, 0.4) is 0 Å². The van der Waals surface area contributed by atoms with Gasteiger partial charge in [-0.2, -0.15) is 0 Å². The van der Waals surface area contributed by atoms with Gasteiger partial charge in [0.2, 0.25) is 10.0 Å². The summed E-state index contributed by atoms with van der Waals surface area (Å²) < 4.78 is 25.3. The van der Waals surface area contributed by atoms with Crippen LogP contribution in [0.2, 0.25) is 0 Å². The lowest BCUT2D eigenvalue weighted by atomic mass is 10.2. The smallest absolute Gasteiger partial charge is 0.304 e.